The van der Waals surface area contributed by atoms with Crippen molar-refractivity contribution < 1.29 is 23.4 Å². The zero-order valence-electron chi connectivity index (χ0n) is 18.5. The van der Waals surface area contributed by atoms with Gasteiger partial charge in [0.05, 0.1) is 18.3 Å². The zero-order chi connectivity index (χ0) is 22.4. The van der Waals surface area contributed by atoms with Crippen molar-refractivity contribution in [3.05, 3.63) is 47.2 Å². The highest BCUT2D eigenvalue weighted by Crippen LogP contribution is 2.38. The minimum absolute atomic E-state index is 0.0925. The van der Waals surface area contributed by atoms with Gasteiger partial charge in [-0.2, -0.15) is 5.10 Å². The van der Waals surface area contributed by atoms with Crippen LogP contribution in [0.5, 0.6) is 11.6 Å². The van der Waals surface area contributed by atoms with Crippen molar-refractivity contribution in [2.24, 2.45) is 0 Å². The van der Waals surface area contributed by atoms with Gasteiger partial charge in [-0.15, -0.1) is 0 Å². The molecule has 3 aromatic rings. The molecule has 1 N–H and O–H groups in total. The maximum atomic E-state index is 12.8. The Labute approximate surface area is 191 Å². The van der Waals surface area contributed by atoms with Gasteiger partial charge in [0, 0.05) is 43.1 Å². The van der Waals surface area contributed by atoms with Gasteiger partial charge in [-0.3, -0.25) is 9.48 Å². The van der Waals surface area contributed by atoms with Gasteiger partial charge in [0.2, 0.25) is 0 Å². The van der Waals surface area contributed by atoms with Crippen molar-refractivity contribution in [2.75, 3.05) is 19.8 Å². The minimum atomic E-state index is -0.196. The SMILES string of the molecule is Cc1c(C(=O)NC[C@H]2CCCO2)oc2c1-c1nn(C[C@H]3COc4ncccc4O3)cc1CC2. The fourth-order valence-electron chi connectivity index (χ4n) is 4.82. The fraction of sp³-hybridized carbons (Fsp3) is 0.458. The number of ether oxygens (including phenoxy) is 3. The number of nitrogens with one attached hydrogen (secondary N) is 1. The Morgan fingerprint density at radius 1 is 1.30 bits per heavy atom. The first-order valence-electron chi connectivity index (χ1n) is 11.5. The summed E-state index contributed by atoms with van der Waals surface area (Å²) in [5, 5.41) is 7.80. The molecular weight excluding hydrogens is 424 g/mol. The van der Waals surface area contributed by atoms with Crippen molar-refractivity contribution in [3.8, 4) is 22.9 Å². The largest absolute Gasteiger partial charge is 0.479 e. The summed E-state index contributed by atoms with van der Waals surface area (Å²) in [4.78, 5) is 17.0. The van der Waals surface area contributed by atoms with E-state index in [1.807, 2.05) is 23.7 Å². The van der Waals surface area contributed by atoms with Gasteiger partial charge in [0.25, 0.3) is 11.8 Å². The summed E-state index contributed by atoms with van der Waals surface area (Å²) >= 11 is 0. The van der Waals surface area contributed by atoms with Crippen LogP contribution in [0.3, 0.4) is 0 Å². The Morgan fingerprint density at radius 2 is 2.24 bits per heavy atom. The lowest BCUT2D eigenvalue weighted by Crippen LogP contribution is -2.33. The molecule has 1 aliphatic carbocycles. The van der Waals surface area contributed by atoms with Crippen molar-refractivity contribution in [1.29, 1.82) is 0 Å². The second-order valence-electron chi connectivity index (χ2n) is 8.78. The second-order valence-corrected chi connectivity index (χ2v) is 8.78. The van der Waals surface area contributed by atoms with Gasteiger partial charge >= 0.3 is 0 Å². The average molecular weight is 450 g/mol. The molecule has 0 spiro atoms. The quantitative estimate of drug-likeness (QED) is 0.638. The van der Waals surface area contributed by atoms with Gasteiger partial charge in [-0.1, -0.05) is 0 Å². The van der Waals surface area contributed by atoms with E-state index in [0.717, 1.165) is 60.4 Å². The van der Waals surface area contributed by atoms with Gasteiger partial charge in [0.15, 0.2) is 17.6 Å². The van der Waals surface area contributed by atoms with Crippen molar-refractivity contribution >= 4 is 5.91 Å². The predicted octanol–water partition coefficient (Wildman–Crippen LogP) is 2.69. The van der Waals surface area contributed by atoms with Crippen LogP contribution in [-0.2, 0) is 24.1 Å². The number of carbonyl (C=O) groups is 1. The number of rotatable bonds is 5. The summed E-state index contributed by atoms with van der Waals surface area (Å²) in [5.74, 6) is 2.17. The van der Waals surface area contributed by atoms with Crippen LogP contribution < -0.4 is 14.8 Å². The summed E-state index contributed by atoms with van der Waals surface area (Å²) in [6.45, 7) is 4.18. The normalized spacial score (nSPS) is 20.9. The maximum Gasteiger partial charge on any atom is 0.287 e. The second kappa shape index (κ2) is 8.22. The molecule has 9 heteroatoms. The van der Waals surface area contributed by atoms with Gasteiger partial charge < -0.3 is 23.9 Å². The molecule has 5 heterocycles. The molecule has 172 valence electrons. The minimum Gasteiger partial charge on any atom is -0.479 e. The molecule has 0 saturated carbocycles. The number of fused-ring (bicyclic) bond motifs is 4. The molecule has 0 unspecified atom stereocenters. The molecule has 0 bridgehead atoms. The summed E-state index contributed by atoms with van der Waals surface area (Å²) in [6.07, 6.45) is 7.27. The van der Waals surface area contributed by atoms with Gasteiger partial charge in [-0.05, 0) is 43.9 Å². The number of amides is 1. The number of hydrogen-bond acceptors (Lipinski definition) is 7. The molecule has 1 fully saturated rings. The Morgan fingerprint density at radius 3 is 3.12 bits per heavy atom. The molecule has 2 atom stereocenters. The van der Waals surface area contributed by atoms with Gasteiger partial charge in [-0.25, -0.2) is 4.98 Å². The van der Waals surface area contributed by atoms with Crippen molar-refractivity contribution in [1.82, 2.24) is 20.1 Å². The van der Waals surface area contributed by atoms with Crippen LogP contribution in [0.25, 0.3) is 11.3 Å². The zero-order valence-corrected chi connectivity index (χ0v) is 18.5. The highest BCUT2D eigenvalue weighted by molar-refractivity contribution is 5.95. The number of pyridine rings is 1. The van der Waals surface area contributed by atoms with Crippen LogP contribution >= 0.6 is 0 Å². The van der Waals surface area contributed by atoms with E-state index in [4.69, 9.17) is 23.7 Å². The average Bonchev–Trinajstić information content (AvgIpc) is 3.56. The third-order valence-corrected chi connectivity index (χ3v) is 6.46. The molecule has 1 saturated heterocycles. The lowest BCUT2D eigenvalue weighted by molar-refractivity contribution is 0.0716. The Balaban J connectivity index is 1.19. The summed E-state index contributed by atoms with van der Waals surface area (Å²) < 4.78 is 25.3. The summed E-state index contributed by atoms with van der Waals surface area (Å²) in [6, 6.07) is 3.68. The van der Waals surface area contributed by atoms with E-state index in [0.29, 0.717) is 37.1 Å². The lowest BCUT2D eigenvalue weighted by Gasteiger charge is -2.25. The lowest BCUT2D eigenvalue weighted by atomic mass is 9.93. The van der Waals surface area contributed by atoms with Gasteiger partial charge in [0.1, 0.15) is 12.4 Å². The first kappa shape index (κ1) is 20.3. The first-order valence-corrected chi connectivity index (χ1v) is 11.5. The maximum absolute atomic E-state index is 12.8. The van der Waals surface area contributed by atoms with Crippen LogP contribution in [-0.4, -0.2) is 52.6 Å². The van der Waals surface area contributed by atoms with Crippen LogP contribution in [0, 0.1) is 6.92 Å². The number of aryl methyl sites for hydroxylation is 2. The Bertz CT molecular complexity index is 1190. The van der Waals surface area contributed by atoms with E-state index < -0.39 is 0 Å². The van der Waals surface area contributed by atoms with E-state index in [-0.39, 0.29) is 18.1 Å². The number of hydrogen-bond donors (Lipinski definition) is 1. The Hall–Kier alpha value is -3.33. The smallest absolute Gasteiger partial charge is 0.287 e. The summed E-state index contributed by atoms with van der Waals surface area (Å²) in [7, 11) is 0. The third-order valence-electron chi connectivity index (χ3n) is 6.46. The molecule has 3 aliphatic rings. The molecular formula is C24H26N4O5. The highest BCUT2D eigenvalue weighted by atomic mass is 16.6. The highest BCUT2D eigenvalue weighted by Gasteiger charge is 2.31. The molecule has 2 aliphatic heterocycles. The number of nitrogens with zero attached hydrogens (tertiary/aromatic N) is 3. The van der Waals surface area contributed by atoms with E-state index >= 15 is 0 Å². The van der Waals surface area contributed by atoms with E-state index in [1.165, 1.54) is 0 Å². The van der Waals surface area contributed by atoms with Crippen LogP contribution in [0.4, 0.5) is 0 Å². The molecule has 0 aromatic carbocycles. The monoisotopic (exact) mass is 450 g/mol. The predicted molar refractivity (Wildman–Crippen MR) is 118 cm³/mol. The van der Waals surface area contributed by atoms with Crippen LogP contribution in [0.1, 0.15) is 40.3 Å². The molecule has 0 radical (unpaired) electrons. The topological polar surface area (TPSA) is 101 Å². The number of furan rings is 1. The fourth-order valence-corrected chi connectivity index (χ4v) is 4.82. The van der Waals surface area contributed by atoms with Crippen LogP contribution in [0.2, 0.25) is 0 Å². The first-order chi connectivity index (χ1) is 16.2. The van der Waals surface area contributed by atoms with E-state index in [1.54, 1.807) is 6.20 Å². The molecule has 33 heavy (non-hydrogen) atoms. The molecule has 1 amide bonds. The molecule has 9 nitrogen and oxygen atoms in total. The van der Waals surface area contributed by atoms with Crippen LogP contribution in [0.15, 0.2) is 28.9 Å². The van der Waals surface area contributed by atoms with Crippen molar-refractivity contribution in [2.45, 2.75) is 51.4 Å². The molecule has 6 rings (SSSR count). The van der Waals surface area contributed by atoms with Crippen molar-refractivity contribution in [3.63, 3.8) is 0 Å². The number of aromatic nitrogens is 3. The molecule has 3 aromatic heterocycles. The van der Waals surface area contributed by atoms with E-state index in [2.05, 4.69) is 16.5 Å². The third kappa shape index (κ3) is 3.76. The number of carbonyl (C=O) groups excluding carboxylic acids is 1. The van der Waals surface area contributed by atoms with E-state index in [9.17, 15) is 4.79 Å². The Kier molecular flexibility index (Phi) is 5.05. The standard InChI is InChI=1S/C24H26N4O5/c1-14-20-18(33-22(14)23(29)26-10-16-4-3-9-30-16)7-6-15-11-28(27-21(15)20)12-17-13-31-24-19(32-17)5-2-8-25-24/h2,5,8,11,16-17H,3-4,6-7,9-10,12-13H2,1H3,(H,26,29)/t16-,17+/m1/s1. The summed E-state index contributed by atoms with van der Waals surface area (Å²) in [5.41, 5.74) is 3.80.